The predicted molar refractivity (Wildman–Crippen MR) is 96.1 cm³/mol. The van der Waals surface area contributed by atoms with Crippen LogP contribution < -0.4 is 11.1 Å². The molecule has 0 bridgehead atoms. The van der Waals surface area contributed by atoms with Gasteiger partial charge in [-0.3, -0.25) is 9.69 Å². The molecule has 1 amide bonds. The summed E-state index contributed by atoms with van der Waals surface area (Å²) in [6, 6.07) is 7.66. The number of thiocarbonyl (C=S) groups is 1. The van der Waals surface area contributed by atoms with Gasteiger partial charge in [0.05, 0.1) is 6.54 Å². The molecule has 0 saturated heterocycles. The minimum absolute atomic E-state index is 0.0337. The Morgan fingerprint density at radius 2 is 2.24 bits per heavy atom. The van der Waals surface area contributed by atoms with Gasteiger partial charge in [0.15, 0.2) is 0 Å². The van der Waals surface area contributed by atoms with E-state index in [9.17, 15) is 4.79 Å². The summed E-state index contributed by atoms with van der Waals surface area (Å²) in [6.45, 7) is 2.50. The van der Waals surface area contributed by atoms with Gasteiger partial charge in [0.2, 0.25) is 5.91 Å². The lowest BCUT2D eigenvalue weighted by Crippen LogP contribution is -2.36. The van der Waals surface area contributed by atoms with E-state index in [0.717, 1.165) is 23.4 Å². The highest BCUT2D eigenvalue weighted by atomic mass is 32.2. The number of carbonyl (C=O) groups excluding carboxylic acids is 1. The molecule has 0 aliphatic heterocycles. The lowest BCUT2D eigenvalue weighted by molar-refractivity contribution is -0.117. The van der Waals surface area contributed by atoms with Crippen LogP contribution >= 0.6 is 24.0 Å². The molecule has 4 nitrogen and oxygen atoms in total. The molecule has 0 aromatic heterocycles. The van der Waals surface area contributed by atoms with Gasteiger partial charge in [-0.05, 0) is 44.5 Å². The molecule has 1 aromatic carbocycles. The summed E-state index contributed by atoms with van der Waals surface area (Å²) >= 11 is 6.76. The average Bonchev–Trinajstić information content (AvgIpc) is 2.44. The standard InChI is InChI=1S/C15H23N3OS2/c1-11(7-8-21-3)18(2)10-14(19)17-13-6-4-5-12(9-13)15(16)20/h4-6,9,11H,7-8,10H2,1-3H3,(H2,16,20)(H,17,19). The van der Waals surface area contributed by atoms with E-state index in [1.807, 2.05) is 37.0 Å². The summed E-state index contributed by atoms with van der Waals surface area (Å²) in [5.74, 6) is 1.07. The third-order valence-corrected chi connectivity index (χ3v) is 4.20. The summed E-state index contributed by atoms with van der Waals surface area (Å²) in [7, 11) is 1.97. The fourth-order valence-corrected chi connectivity index (χ4v) is 2.55. The molecule has 116 valence electrons. The molecule has 0 aliphatic carbocycles. The van der Waals surface area contributed by atoms with Crippen LogP contribution in [0.3, 0.4) is 0 Å². The normalized spacial score (nSPS) is 12.2. The van der Waals surface area contributed by atoms with Gasteiger partial charge < -0.3 is 11.1 Å². The monoisotopic (exact) mass is 325 g/mol. The second kappa shape index (κ2) is 9.02. The Labute approximate surface area is 136 Å². The van der Waals surface area contributed by atoms with Gasteiger partial charge in [-0.25, -0.2) is 0 Å². The third-order valence-electron chi connectivity index (χ3n) is 3.32. The van der Waals surface area contributed by atoms with E-state index in [2.05, 4.69) is 23.4 Å². The Hall–Kier alpha value is -1.11. The molecule has 0 spiro atoms. The number of hydrogen-bond donors (Lipinski definition) is 2. The van der Waals surface area contributed by atoms with Crippen LogP contribution in [0.1, 0.15) is 18.9 Å². The van der Waals surface area contributed by atoms with E-state index >= 15 is 0 Å². The van der Waals surface area contributed by atoms with Crippen LogP contribution in [-0.4, -0.2) is 47.4 Å². The quantitative estimate of drug-likeness (QED) is 0.719. The SMILES string of the molecule is CSCCC(C)N(C)CC(=O)Nc1cccc(C(N)=S)c1. The summed E-state index contributed by atoms with van der Waals surface area (Å²) in [6.07, 6.45) is 3.16. The molecular formula is C15H23N3OS2. The van der Waals surface area contributed by atoms with Crippen molar-refractivity contribution in [1.82, 2.24) is 4.90 Å². The van der Waals surface area contributed by atoms with Crippen molar-refractivity contribution >= 4 is 40.6 Å². The second-order valence-electron chi connectivity index (χ2n) is 5.04. The zero-order chi connectivity index (χ0) is 15.8. The molecule has 0 heterocycles. The highest BCUT2D eigenvalue weighted by Gasteiger charge is 2.13. The van der Waals surface area contributed by atoms with E-state index in [-0.39, 0.29) is 5.91 Å². The first-order valence-corrected chi connectivity index (χ1v) is 8.63. The summed E-state index contributed by atoms with van der Waals surface area (Å²) in [5, 5.41) is 2.88. The molecule has 0 saturated carbocycles. The maximum absolute atomic E-state index is 12.1. The molecule has 1 atom stereocenters. The topological polar surface area (TPSA) is 58.4 Å². The third kappa shape index (κ3) is 6.46. The summed E-state index contributed by atoms with van der Waals surface area (Å²) in [5.41, 5.74) is 7.06. The molecule has 1 rings (SSSR count). The van der Waals surface area contributed by atoms with E-state index in [4.69, 9.17) is 18.0 Å². The largest absolute Gasteiger partial charge is 0.389 e. The van der Waals surface area contributed by atoms with Crippen molar-refractivity contribution in [2.24, 2.45) is 5.73 Å². The maximum atomic E-state index is 12.1. The summed E-state index contributed by atoms with van der Waals surface area (Å²) < 4.78 is 0. The van der Waals surface area contributed by atoms with Crippen LogP contribution in [0.2, 0.25) is 0 Å². The summed E-state index contributed by atoms with van der Waals surface area (Å²) in [4.78, 5) is 14.4. The van der Waals surface area contributed by atoms with Crippen molar-refractivity contribution in [2.45, 2.75) is 19.4 Å². The number of nitrogens with two attached hydrogens (primary N) is 1. The zero-order valence-electron chi connectivity index (χ0n) is 12.8. The Morgan fingerprint density at radius 1 is 1.52 bits per heavy atom. The minimum Gasteiger partial charge on any atom is -0.389 e. The highest BCUT2D eigenvalue weighted by Crippen LogP contribution is 2.11. The van der Waals surface area contributed by atoms with Gasteiger partial charge in [-0.15, -0.1) is 0 Å². The Morgan fingerprint density at radius 3 is 2.86 bits per heavy atom. The number of anilines is 1. The molecular weight excluding hydrogens is 302 g/mol. The Bertz CT molecular complexity index is 494. The van der Waals surface area contributed by atoms with Gasteiger partial charge in [-0.2, -0.15) is 11.8 Å². The average molecular weight is 326 g/mol. The predicted octanol–water partition coefficient (Wildman–Crippen LogP) is 2.33. The fourth-order valence-electron chi connectivity index (χ4n) is 1.84. The second-order valence-corrected chi connectivity index (χ2v) is 6.46. The molecule has 6 heteroatoms. The first kappa shape index (κ1) is 17.9. The van der Waals surface area contributed by atoms with Crippen molar-refractivity contribution in [1.29, 1.82) is 0 Å². The highest BCUT2D eigenvalue weighted by molar-refractivity contribution is 7.98. The first-order valence-electron chi connectivity index (χ1n) is 6.83. The van der Waals surface area contributed by atoms with Crippen LogP contribution in [-0.2, 0) is 4.79 Å². The Kier molecular flexibility index (Phi) is 7.71. The van der Waals surface area contributed by atoms with Crippen molar-refractivity contribution in [2.75, 3.05) is 30.9 Å². The maximum Gasteiger partial charge on any atom is 0.238 e. The van der Waals surface area contributed by atoms with Gasteiger partial charge in [-0.1, -0.05) is 24.4 Å². The van der Waals surface area contributed by atoms with Crippen molar-refractivity contribution in [3.63, 3.8) is 0 Å². The van der Waals surface area contributed by atoms with Gasteiger partial charge in [0.1, 0.15) is 4.99 Å². The number of rotatable bonds is 8. The van der Waals surface area contributed by atoms with Crippen LogP contribution in [0.15, 0.2) is 24.3 Å². The van der Waals surface area contributed by atoms with Crippen LogP contribution in [0.25, 0.3) is 0 Å². The molecule has 1 aromatic rings. The number of hydrogen-bond acceptors (Lipinski definition) is 4. The van der Waals surface area contributed by atoms with E-state index < -0.39 is 0 Å². The molecule has 1 unspecified atom stereocenters. The molecule has 3 N–H and O–H groups in total. The van der Waals surface area contributed by atoms with Crippen LogP contribution in [0, 0.1) is 0 Å². The van der Waals surface area contributed by atoms with Crippen molar-refractivity contribution in [3.8, 4) is 0 Å². The number of carbonyl (C=O) groups is 1. The van der Waals surface area contributed by atoms with Crippen molar-refractivity contribution in [3.05, 3.63) is 29.8 Å². The fraction of sp³-hybridized carbons (Fsp3) is 0.467. The molecule has 0 radical (unpaired) electrons. The molecule has 0 fully saturated rings. The number of benzene rings is 1. The van der Waals surface area contributed by atoms with Crippen LogP contribution in [0.5, 0.6) is 0 Å². The number of thioether (sulfide) groups is 1. The van der Waals surface area contributed by atoms with Gasteiger partial charge >= 0.3 is 0 Å². The number of likely N-dealkylation sites (N-methyl/N-ethyl adjacent to an activating group) is 1. The number of nitrogens with zero attached hydrogens (tertiary/aromatic N) is 1. The number of amides is 1. The van der Waals surface area contributed by atoms with E-state index in [1.165, 1.54) is 0 Å². The zero-order valence-corrected chi connectivity index (χ0v) is 14.4. The van der Waals surface area contributed by atoms with Crippen molar-refractivity contribution < 1.29 is 4.79 Å². The smallest absolute Gasteiger partial charge is 0.238 e. The van der Waals surface area contributed by atoms with Gasteiger partial charge in [0, 0.05) is 17.3 Å². The lowest BCUT2D eigenvalue weighted by Gasteiger charge is -2.23. The molecule has 21 heavy (non-hydrogen) atoms. The Balaban J connectivity index is 2.53. The molecule has 0 aliphatic rings. The van der Waals surface area contributed by atoms with E-state index in [0.29, 0.717) is 17.6 Å². The first-order chi connectivity index (χ1) is 9.93. The lowest BCUT2D eigenvalue weighted by atomic mass is 10.2. The number of nitrogens with one attached hydrogen (secondary N) is 1. The minimum atomic E-state index is -0.0337. The van der Waals surface area contributed by atoms with Crippen LogP contribution in [0.4, 0.5) is 5.69 Å². The van der Waals surface area contributed by atoms with Gasteiger partial charge in [0.25, 0.3) is 0 Å². The van der Waals surface area contributed by atoms with E-state index in [1.54, 1.807) is 6.07 Å².